The Morgan fingerprint density at radius 3 is 2.52 bits per heavy atom. The summed E-state index contributed by atoms with van der Waals surface area (Å²) in [7, 11) is 2.15. The van der Waals surface area contributed by atoms with Crippen molar-refractivity contribution in [2.45, 2.75) is 25.3 Å². The fourth-order valence-electron chi connectivity index (χ4n) is 4.46. The number of ether oxygens (including phenoxy) is 1. The number of benzene rings is 1. The summed E-state index contributed by atoms with van der Waals surface area (Å²) in [5.74, 6) is 0.565. The molecule has 3 saturated heterocycles. The van der Waals surface area contributed by atoms with Gasteiger partial charge in [-0.15, -0.1) is 0 Å². The second-order valence-corrected chi connectivity index (χ2v) is 7.83. The predicted octanol–water partition coefficient (Wildman–Crippen LogP) is 2.08. The molecule has 1 aromatic carbocycles. The Bertz CT molecular complexity index is 597. The first kappa shape index (κ1) is 16.9. The standard InChI is InChI=1S/C20H29N3O2/c1-21-11-16-12-23(19(13-21)15-25-14-16)20(24)17-5-7-18(8-6-17)22-9-3-2-4-10-22/h5-8,16,19H,2-4,9-15H2,1H3/t16-,19-/m0/s1. The quantitative estimate of drug-likeness (QED) is 0.824. The fourth-order valence-corrected chi connectivity index (χ4v) is 4.46. The maximum atomic E-state index is 13.1. The van der Waals surface area contributed by atoms with Crippen LogP contribution in [-0.4, -0.2) is 74.7 Å². The molecular weight excluding hydrogens is 314 g/mol. The number of carbonyl (C=O) groups is 1. The minimum atomic E-state index is 0.154. The van der Waals surface area contributed by atoms with Crippen LogP contribution in [0.1, 0.15) is 29.6 Å². The molecule has 3 heterocycles. The van der Waals surface area contributed by atoms with Crippen LogP contribution in [-0.2, 0) is 4.74 Å². The largest absolute Gasteiger partial charge is 0.379 e. The van der Waals surface area contributed by atoms with Crippen LogP contribution < -0.4 is 4.90 Å². The Morgan fingerprint density at radius 1 is 1.00 bits per heavy atom. The molecule has 0 aromatic heterocycles. The van der Waals surface area contributed by atoms with Crippen molar-refractivity contribution in [3.8, 4) is 0 Å². The van der Waals surface area contributed by atoms with E-state index in [-0.39, 0.29) is 11.9 Å². The van der Waals surface area contributed by atoms with Gasteiger partial charge in [-0.2, -0.15) is 0 Å². The molecule has 1 amide bonds. The summed E-state index contributed by atoms with van der Waals surface area (Å²) in [5.41, 5.74) is 2.05. The molecule has 0 N–H and O–H groups in total. The van der Waals surface area contributed by atoms with Gasteiger partial charge in [0.2, 0.25) is 0 Å². The highest BCUT2D eigenvalue weighted by atomic mass is 16.5. The molecule has 136 valence electrons. The third-order valence-corrected chi connectivity index (χ3v) is 5.75. The Labute approximate surface area is 150 Å². The number of anilines is 1. The van der Waals surface area contributed by atoms with E-state index in [1.165, 1.54) is 24.9 Å². The lowest BCUT2D eigenvalue weighted by Crippen LogP contribution is -2.45. The average Bonchev–Trinajstić information content (AvgIpc) is 2.92. The average molecular weight is 343 g/mol. The normalized spacial score (nSPS) is 27.9. The van der Waals surface area contributed by atoms with Gasteiger partial charge < -0.3 is 19.4 Å². The smallest absolute Gasteiger partial charge is 0.254 e. The van der Waals surface area contributed by atoms with Crippen LogP contribution in [0.2, 0.25) is 0 Å². The van der Waals surface area contributed by atoms with Gasteiger partial charge in [0.05, 0.1) is 19.3 Å². The first-order valence-corrected chi connectivity index (χ1v) is 9.63. The molecule has 1 aromatic rings. The molecule has 25 heavy (non-hydrogen) atoms. The Hall–Kier alpha value is -1.59. The molecule has 0 spiro atoms. The van der Waals surface area contributed by atoms with Gasteiger partial charge >= 0.3 is 0 Å². The minimum Gasteiger partial charge on any atom is -0.379 e. The number of rotatable bonds is 2. The molecule has 3 fully saturated rings. The molecule has 5 nitrogen and oxygen atoms in total. The van der Waals surface area contributed by atoms with Crippen molar-refractivity contribution in [2.75, 3.05) is 57.9 Å². The zero-order valence-corrected chi connectivity index (χ0v) is 15.2. The summed E-state index contributed by atoms with van der Waals surface area (Å²) in [5, 5.41) is 0. The number of fused-ring (bicyclic) bond motifs is 3. The molecule has 5 heteroatoms. The maximum absolute atomic E-state index is 13.1. The molecule has 2 bridgehead atoms. The first-order valence-electron chi connectivity index (χ1n) is 9.63. The maximum Gasteiger partial charge on any atom is 0.254 e. The van der Waals surface area contributed by atoms with E-state index in [1.54, 1.807) is 0 Å². The molecular formula is C20H29N3O2. The Kier molecular flexibility index (Phi) is 4.95. The lowest BCUT2D eigenvalue weighted by molar-refractivity contribution is 0.0483. The molecule has 2 atom stereocenters. The lowest BCUT2D eigenvalue weighted by atomic mass is 10.1. The highest BCUT2D eigenvalue weighted by Gasteiger charge is 2.35. The van der Waals surface area contributed by atoms with Crippen LogP contribution >= 0.6 is 0 Å². The summed E-state index contributed by atoms with van der Waals surface area (Å²) in [6.45, 7) is 6.39. The molecule has 4 rings (SSSR count). The number of amides is 1. The molecule has 3 aliphatic rings. The SMILES string of the molecule is CN1C[C@@H]2COC[C@H](C1)N(C(=O)c1ccc(N3CCCCC3)cc1)C2. The number of hydrogen-bond donors (Lipinski definition) is 0. The summed E-state index contributed by atoms with van der Waals surface area (Å²) in [4.78, 5) is 19.9. The lowest BCUT2D eigenvalue weighted by Gasteiger charge is -2.30. The van der Waals surface area contributed by atoms with E-state index in [4.69, 9.17) is 4.74 Å². The highest BCUT2D eigenvalue weighted by molar-refractivity contribution is 5.95. The number of nitrogens with zero attached hydrogens (tertiary/aromatic N) is 3. The van der Waals surface area contributed by atoms with Crippen molar-refractivity contribution < 1.29 is 9.53 Å². The van der Waals surface area contributed by atoms with Gasteiger partial charge in [-0.3, -0.25) is 4.79 Å². The minimum absolute atomic E-state index is 0.154. The zero-order chi connectivity index (χ0) is 17.2. The predicted molar refractivity (Wildman–Crippen MR) is 99.1 cm³/mol. The topological polar surface area (TPSA) is 36.0 Å². The number of likely N-dealkylation sites (N-methyl/N-ethyl adjacent to an activating group) is 1. The Balaban J connectivity index is 1.50. The highest BCUT2D eigenvalue weighted by Crippen LogP contribution is 2.24. The van der Waals surface area contributed by atoms with Gasteiger partial charge in [0.1, 0.15) is 0 Å². The fraction of sp³-hybridized carbons (Fsp3) is 0.650. The summed E-state index contributed by atoms with van der Waals surface area (Å²) in [6, 6.07) is 8.40. The summed E-state index contributed by atoms with van der Waals surface area (Å²) < 4.78 is 5.80. The van der Waals surface area contributed by atoms with Crippen molar-refractivity contribution in [3.63, 3.8) is 0 Å². The molecule has 0 saturated carbocycles. The third kappa shape index (κ3) is 3.67. The van der Waals surface area contributed by atoms with E-state index in [1.807, 2.05) is 12.1 Å². The number of carbonyl (C=O) groups excluding carboxylic acids is 1. The summed E-state index contributed by atoms with van der Waals surface area (Å²) in [6.07, 6.45) is 3.87. The van der Waals surface area contributed by atoms with Gasteiger partial charge in [0.25, 0.3) is 5.91 Å². The van der Waals surface area contributed by atoms with Gasteiger partial charge in [-0.1, -0.05) is 0 Å². The van der Waals surface area contributed by atoms with Crippen LogP contribution in [0, 0.1) is 5.92 Å². The molecule has 3 aliphatic heterocycles. The monoisotopic (exact) mass is 343 g/mol. The van der Waals surface area contributed by atoms with E-state index >= 15 is 0 Å². The molecule has 0 radical (unpaired) electrons. The van der Waals surface area contributed by atoms with Crippen molar-refractivity contribution in [2.24, 2.45) is 5.92 Å². The van der Waals surface area contributed by atoms with Crippen LogP contribution in [0.25, 0.3) is 0 Å². The third-order valence-electron chi connectivity index (χ3n) is 5.75. The molecule has 0 unspecified atom stereocenters. The second kappa shape index (κ2) is 7.34. The van der Waals surface area contributed by atoms with Gasteiger partial charge in [-0.05, 0) is 50.6 Å². The number of piperidine rings is 1. The van der Waals surface area contributed by atoms with Crippen LogP contribution in [0.5, 0.6) is 0 Å². The van der Waals surface area contributed by atoms with E-state index in [0.717, 1.165) is 44.9 Å². The van der Waals surface area contributed by atoms with E-state index in [9.17, 15) is 4.79 Å². The summed E-state index contributed by atoms with van der Waals surface area (Å²) >= 11 is 0. The van der Waals surface area contributed by atoms with Crippen molar-refractivity contribution >= 4 is 11.6 Å². The first-order chi connectivity index (χ1) is 12.2. The number of hydrogen-bond acceptors (Lipinski definition) is 4. The second-order valence-electron chi connectivity index (χ2n) is 7.83. The van der Waals surface area contributed by atoms with Crippen molar-refractivity contribution in [3.05, 3.63) is 29.8 Å². The molecule has 0 aliphatic carbocycles. The van der Waals surface area contributed by atoms with Gasteiger partial charge in [0.15, 0.2) is 0 Å². The van der Waals surface area contributed by atoms with Gasteiger partial charge in [-0.25, -0.2) is 0 Å². The van der Waals surface area contributed by atoms with Gasteiger partial charge in [0, 0.05) is 49.9 Å². The van der Waals surface area contributed by atoms with Crippen LogP contribution in [0.3, 0.4) is 0 Å². The van der Waals surface area contributed by atoms with Crippen molar-refractivity contribution in [1.82, 2.24) is 9.80 Å². The van der Waals surface area contributed by atoms with E-state index < -0.39 is 0 Å². The van der Waals surface area contributed by atoms with E-state index in [2.05, 4.69) is 33.9 Å². The van der Waals surface area contributed by atoms with Crippen LogP contribution in [0.15, 0.2) is 24.3 Å². The van der Waals surface area contributed by atoms with Crippen molar-refractivity contribution in [1.29, 1.82) is 0 Å². The van der Waals surface area contributed by atoms with Crippen LogP contribution in [0.4, 0.5) is 5.69 Å². The zero-order valence-electron chi connectivity index (χ0n) is 15.2. The van der Waals surface area contributed by atoms with E-state index in [0.29, 0.717) is 12.5 Å². The Morgan fingerprint density at radius 2 is 1.76 bits per heavy atom.